The molecule has 10 heavy (non-hydrogen) atoms. The molecule has 1 rings (SSSR count). The number of aliphatic carboxylic acids is 1. The number of carboxylic acids is 1. The predicted octanol–water partition coefficient (Wildman–Crippen LogP) is 0.852. The molecule has 0 saturated carbocycles. The van der Waals surface area contributed by atoms with Crippen molar-refractivity contribution in [1.29, 1.82) is 0 Å². The number of carboxylic acid groups (broad SMARTS) is 1. The van der Waals surface area contributed by atoms with Gasteiger partial charge < -0.3 is 10.4 Å². The largest absolute Gasteiger partial charge is 0.478 e. The zero-order chi connectivity index (χ0) is 7.56. The highest BCUT2D eigenvalue weighted by molar-refractivity contribution is 5.87. The Hall–Kier alpha value is -1.25. The van der Waals surface area contributed by atoms with Crippen molar-refractivity contribution in [3.8, 4) is 0 Å². The van der Waals surface area contributed by atoms with E-state index in [-0.39, 0.29) is 0 Å². The van der Waals surface area contributed by atoms with E-state index < -0.39 is 5.97 Å². The highest BCUT2D eigenvalue weighted by atomic mass is 16.4. The minimum atomic E-state index is -0.851. The molecule has 0 saturated heterocycles. The monoisotopic (exact) mass is 139 g/mol. The van der Waals surface area contributed by atoms with Gasteiger partial charge in [-0.3, -0.25) is 0 Å². The van der Waals surface area contributed by atoms with Crippen LogP contribution in [0.3, 0.4) is 0 Å². The highest BCUT2D eigenvalue weighted by Crippen LogP contribution is 2.08. The second kappa shape index (κ2) is 2.56. The molecule has 3 heteroatoms. The summed E-state index contributed by atoms with van der Waals surface area (Å²) >= 11 is 0. The molecule has 0 unspecified atom stereocenters. The van der Waals surface area contributed by atoms with Crippen LogP contribution in [-0.2, 0) is 4.79 Å². The van der Waals surface area contributed by atoms with Gasteiger partial charge >= 0.3 is 5.97 Å². The maximum atomic E-state index is 10.3. The van der Waals surface area contributed by atoms with Crippen LogP contribution in [0.5, 0.6) is 0 Å². The van der Waals surface area contributed by atoms with Gasteiger partial charge in [-0.25, -0.2) is 4.79 Å². The Kier molecular flexibility index (Phi) is 1.76. The number of hydrogen-bond donors (Lipinski definition) is 2. The summed E-state index contributed by atoms with van der Waals surface area (Å²) in [6, 6.07) is 0. The SMILES string of the molecule is CC1=CCC(C(=O)O)=CN1. The number of carbonyl (C=O) groups is 1. The van der Waals surface area contributed by atoms with Gasteiger partial charge in [0.1, 0.15) is 0 Å². The molecule has 0 bridgehead atoms. The van der Waals surface area contributed by atoms with Gasteiger partial charge in [0.25, 0.3) is 0 Å². The fourth-order valence-electron chi connectivity index (χ4n) is 0.731. The molecule has 0 spiro atoms. The molecule has 1 heterocycles. The van der Waals surface area contributed by atoms with Gasteiger partial charge in [-0.05, 0) is 6.92 Å². The average Bonchev–Trinajstić information content (AvgIpc) is 1.88. The number of hydrogen-bond acceptors (Lipinski definition) is 2. The van der Waals surface area contributed by atoms with Crippen LogP contribution in [0.2, 0.25) is 0 Å². The van der Waals surface area contributed by atoms with E-state index in [4.69, 9.17) is 5.11 Å². The van der Waals surface area contributed by atoms with Crippen molar-refractivity contribution in [1.82, 2.24) is 5.32 Å². The van der Waals surface area contributed by atoms with E-state index in [0.717, 1.165) is 5.70 Å². The molecule has 1 aliphatic rings. The minimum absolute atomic E-state index is 0.408. The summed E-state index contributed by atoms with van der Waals surface area (Å²) < 4.78 is 0. The lowest BCUT2D eigenvalue weighted by Gasteiger charge is -2.08. The summed E-state index contributed by atoms with van der Waals surface area (Å²) in [5.41, 5.74) is 1.41. The average molecular weight is 139 g/mol. The van der Waals surface area contributed by atoms with E-state index >= 15 is 0 Å². The summed E-state index contributed by atoms with van der Waals surface area (Å²) in [4.78, 5) is 10.3. The molecule has 0 atom stereocenters. The van der Waals surface area contributed by atoms with E-state index in [0.29, 0.717) is 12.0 Å². The smallest absolute Gasteiger partial charge is 0.333 e. The number of rotatable bonds is 1. The van der Waals surface area contributed by atoms with Crippen LogP contribution in [0.15, 0.2) is 23.5 Å². The Morgan fingerprint density at radius 3 is 2.90 bits per heavy atom. The second-order valence-corrected chi connectivity index (χ2v) is 2.21. The molecule has 1 aliphatic heterocycles. The van der Waals surface area contributed by atoms with Gasteiger partial charge in [0, 0.05) is 18.3 Å². The zero-order valence-corrected chi connectivity index (χ0v) is 5.72. The normalized spacial score (nSPS) is 16.9. The van der Waals surface area contributed by atoms with Crippen molar-refractivity contribution in [2.45, 2.75) is 13.3 Å². The Morgan fingerprint density at radius 2 is 2.50 bits per heavy atom. The molecule has 3 nitrogen and oxygen atoms in total. The fourth-order valence-corrected chi connectivity index (χ4v) is 0.731. The molecular weight excluding hydrogens is 130 g/mol. The van der Waals surface area contributed by atoms with Crippen molar-refractivity contribution < 1.29 is 9.90 Å². The Morgan fingerprint density at radius 1 is 1.80 bits per heavy atom. The Labute approximate surface area is 59.0 Å². The molecule has 54 valence electrons. The van der Waals surface area contributed by atoms with Gasteiger partial charge in [0.15, 0.2) is 0 Å². The van der Waals surface area contributed by atoms with Crippen LogP contribution in [-0.4, -0.2) is 11.1 Å². The van der Waals surface area contributed by atoms with E-state index in [9.17, 15) is 4.79 Å². The highest BCUT2D eigenvalue weighted by Gasteiger charge is 2.07. The van der Waals surface area contributed by atoms with Crippen molar-refractivity contribution >= 4 is 5.97 Å². The molecule has 0 aromatic carbocycles. The van der Waals surface area contributed by atoms with Gasteiger partial charge in [0.2, 0.25) is 0 Å². The number of allylic oxidation sites excluding steroid dienone is 2. The minimum Gasteiger partial charge on any atom is -0.478 e. The van der Waals surface area contributed by atoms with Crippen molar-refractivity contribution in [3.63, 3.8) is 0 Å². The van der Waals surface area contributed by atoms with Gasteiger partial charge in [0.05, 0.1) is 5.57 Å². The first-order valence-electron chi connectivity index (χ1n) is 3.06. The van der Waals surface area contributed by atoms with Crippen LogP contribution < -0.4 is 5.32 Å². The summed E-state index contributed by atoms with van der Waals surface area (Å²) in [7, 11) is 0. The molecule has 0 aliphatic carbocycles. The summed E-state index contributed by atoms with van der Waals surface area (Å²) in [6.07, 6.45) is 3.90. The lowest BCUT2D eigenvalue weighted by molar-refractivity contribution is -0.132. The molecule has 0 fully saturated rings. The molecule has 0 aromatic heterocycles. The van der Waals surface area contributed by atoms with Crippen molar-refractivity contribution in [2.75, 3.05) is 0 Å². The van der Waals surface area contributed by atoms with E-state index in [1.807, 2.05) is 13.0 Å². The lowest BCUT2D eigenvalue weighted by atomic mass is 10.1. The quantitative estimate of drug-likeness (QED) is 0.566. The van der Waals surface area contributed by atoms with Crippen LogP contribution in [0.25, 0.3) is 0 Å². The molecule has 0 amide bonds. The first-order chi connectivity index (χ1) is 4.70. The van der Waals surface area contributed by atoms with Crippen LogP contribution in [0.4, 0.5) is 0 Å². The summed E-state index contributed by atoms with van der Waals surface area (Å²) in [5, 5.41) is 11.3. The van der Waals surface area contributed by atoms with Gasteiger partial charge in [-0.2, -0.15) is 0 Å². The van der Waals surface area contributed by atoms with Gasteiger partial charge in [-0.1, -0.05) is 6.08 Å². The molecule has 0 radical (unpaired) electrons. The molecular formula is C7H9NO2. The third kappa shape index (κ3) is 1.37. The number of nitrogens with one attached hydrogen (secondary N) is 1. The topological polar surface area (TPSA) is 49.3 Å². The summed E-state index contributed by atoms with van der Waals surface area (Å²) in [6.45, 7) is 1.90. The lowest BCUT2D eigenvalue weighted by Crippen LogP contribution is -2.12. The summed E-state index contributed by atoms with van der Waals surface area (Å²) in [5.74, 6) is -0.851. The Bertz CT molecular complexity index is 216. The van der Waals surface area contributed by atoms with Gasteiger partial charge in [-0.15, -0.1) is 0 Å². The second-order valence-electron chi connectivity index (χ2n) is 2.21. The van der Waals surface area contributed by atoms with Crippen LogP contribution in [0.1, 0.15) is 13.3 Å². The number of dihydropyridines is 1. The predicted molar refractivity (Wildman–Crippen MR) is 37.2 cm³/mol. The van der Waals surface area contributed by atoms with E-state index in [1.54, 1.807) is 0 Å². The van der Waals surface area contributed by atoms with E-state index in [2.05, 4.69) is 5.32 Å². The Balaban J connectivity index is 2.62. The maximum absolute atomic E-state index is 10.3. The van der Waals surface area contributed by atoms with Crippen molar-refractivity contribution in [2.24, 2.45) is 0 Å². The van der Waals surface area contributed by atoms with Crippen molar-refractivity contribution in [3.05, 3.63) is 23.5 Å². The maximum Gasteiger partial charge on any atom is 0.333 e. The fraction of sp³-hybridized carbons (Fsp3) is 0.286. The standard InChI is InChI=1S/C7H9NO2/c1-5-2-3-6(4-8-5)7(9)10/h2,4,8H,3H2,1H3,(H,9,10). The first kappa shape index (κ1) is 6.86. The third-order valence-electron chi connectivity index (χ3n) is 1.38. The third-order valence-corrected chi connectivity index (χ3v) is 1.38. The first-order valence-corrected chi connectivity index (χ1v) is 3.06. The molecule has 2 N–H and O–H groups in total. The van der Waals surface area contributed by atoms with Crippen LogP contribution >= 0.6 is 0 Å². The van der Waals surface area contributed by atoms with E-state index in [1.165, 1.54) is 6.20 Å². The zero-order valence-electron chi connectivity index (χ0n) is 5.72. The molecule has 0 aromatic rings. The van der Waals surface area contributed by atoms with Crippen LogP contribution in [0, 0.1) is 0 Å².